The SMILES string of the molecule is C=Cc1cc(S(N)(=O)=O)ccc1OC. The van der Waals surface area contributed by atoms with E-state index in [1.807, 2.05) is 0 Å². The number of sulfonamides is 1. The number of benzene rings is 1. The molecular weight excluding hydrogens is 202 g/mol. The Morgan fingerprint density at radius 1 is 1.50 bits per heavy atom. The minimum Gasteiger partial charge on any atom is -0.496 e. The van der Waals surface area contributed by atoms with Crippen molar-refractivity contribution in [2.24, 2.45) is 5.14 Å². The largest absolute Gasteiger partial charge is 0.496 e. The Bertz CT molecular complexity index is 451. The summed E-state index contributed by atoms with van der Waals surface area (Å²) in [6.45, 7) is 3.55. The molecule has 4 nitrogen and oxygen atoms in total. The Hall–Kier alpha value is -1.33. The van der Waals surface area contributed by atoms with Gasteiger partial charge in [0.05, 0.1) is 12.0 Å². The van der Waals surface area contributed by atoms with Gasteiger partial charge in [-0.1, -0.05) is 12.7 Å². The van der Waals surface area contributed by atoms with Crippen molar-refractivity contribution in [1.82, 2.24) is 0 Å². The summed E-state index contributed by atoms with van der Waals surface area (Å²) in [5, 5.41) is 4.97. The number of nitrogens with two attached hydrogens (primary N) is 1. The van der Waals surface area contributed by atoms with E-state index in [0.29, 0.717) is 11.3 Å². The molecule has 5 heteroatoms. The molecule has 0 radical (unpaired) electrons. The quantitative estimate of drug-likeness (QED) is 0.813. The van der Waals surface area contributed by atoms with Gasteiger partial charge in [0.2, 0.25) is 10.0 Å². The molecule has 0 amide bonds. The van der Waals surface area contributed by atoms with Crippen LogP contribution >= 0.6 is 0 Å². The second-order valence-electron chi connectivity index (χ2n) is 2.65. The Kier molecular flexibility index (Phi) is 2.93. The second-order valence-corrected chi connectivity index (χ2v) is 4.21. The highest BCUT2D eigenvalue weighted by molar-refractivity contribution is 7.89. The Morgan fingerprint density at radius 2 is 2.14 bits per heavy atom. The number of primary sulfonamides is 1. The van der Waals surface area contributed by atoms with Crippen LogP contribution in [0.2, 0.25) is 0 Å². The maximum atomic E-state index is 11.0. The Balaban J connectivity index is 3.35. The Labute approximate surface area is 83.1 Å². The highest BCUT2D eigenvalue weighted by Gasteiger charge is 2.09. The van der Waals surface area contributed by atoms with Crippen LogP contribution in [-0.2, 0) is 10.0 Å². The van der Waals surface area contributed by atoms with Crippen LogP contribution in [0.4, 0.5) is 0 Å². The van der Waals surface area contributed by atoms with Crippen molar-refractivity contribution in [2.45, 2.75) is 4.90 Å². The van der Waals surface area contributed by atoms with Gasteiger partial charge in [0.15, 0.2) is 0 Å². The van der Waals surface area contributed by atoms with Crippen LogP contribution in [0.5, 0.6) is 5.75 Å². The first-order chi connectivity index (χ1) is 6.49. The van der Waals surface area contributed by atoms with Crippen LogP contribution in [0.15, 0.2) is 29.7 Å². The van der Waals surface area contributed by atoms with Gasteiger partial charge in [-0.05, 0) is 18.2 Å². The van der Waals surface area contributed by atoms with Gasteiger partial charge in [0.1, 0.15) is 5.75 Å². The average Bonchev–Trinajstić information content (AvgIpc) is 2.15. The van der Waals surface area contributed by atoms with Gasteiger partial charge in [0, 0.05) is 5.56 Å². The van der Waals surface area contributed by atoms with Gasteiger partial charge in [-0.15, -0.1) is 0 Å². The first-order valence-electron chi connectivity index (χ1n) is 3.82. The number of hydrogen-bond acceptors (Lipinski definition) is 3. The van der Waals surface area contributed by atoms with Crippen molar-refractivity contribution >= 4 is 16.1 Å². The fourth-order valence-corrected chi connectivity index (χ4v) is 1.60. The summed E-state index contributed by atoms with van der Waals surface area (Å²) < 4.78 is 27.0. The molecule has 0 bridgehead atoms. The molecule has 0 fully saturated rings. The second kappa shape index (κ2) is 3.81. The molecule has 0 spiro atoms. The summed E-state index contributed by atoms with van der Waals surface area (Å²) >= 11 is 0. The van der Waals surface area contributed by atoms with E-state index < -0.39 is 10.0 Å². The molecule has 1 rings (SSSR count). The van der Waals surface area contributed by atoms with Crippen LogP contribution < -0.4 is 9.88 Å². The van der Waals surface area contributed by atoms with Crippen molar-refractivity contribution in [3.8, 4) is 5.75 Å². The molecule has 2 N–H and O–H groups in total. The molecule has 0 saturated heterocycles. The zero-order valence-electron chi connectivity index (χ0n) is 7.73. The van der Waals surface area contributed by atoms with Crippen LogP contribution in [-0.4, -0.2) is 15.5 Å². The topological polar surface area (TPSA) is 69.4 Å². The monoisotopic (exact) mass is 213 g/mol. The minimum absolute atomic E-state index is 0.0493. The summed E-state index contributed by atoms with van der Waals surface area (Å²) in [6, 6.07) is 4.35. The van der Waals surface area contributed by atoms with E-state index in [1.54, 1.807) is 0 Å². The van der Waals surface area contributed by atoms with E-state index in [4.69, 9.17) is 9.88 Å². The van der Waals surface area contributed by atoms with Crippen molar-refractivity contribution in [3.63, 3.8) is 0 Å². The molecular formula is C9H11NO3S. The van der Waals surface area contributed by atoms with Gasteiger partial charge in [0.25, 0.3) is 0 Å². The summed E-state index contributed by atoms with van der Waals surface area (Å²) in [7, 11) is -2.16. The van der Waals surface area contributed by atoms with Gasteiger partial charge >= 0.3 is 0 Å². The lowest BCUT2D eigenvalue weighted by Gasteiger charge is -2.05. The van der Waals surface area contributed by atoms with E-state index in [-0.39, 0.29) is 4.90 Å². The van der Waals surface area contributed by atoms with Crippen molar-refractivity contribution < 1.29 is 13.2 Å². The zero-order chi connectivity index (χ0) is 10.8. The summed E-state index contributed by atoms with van der Waals surface area (Å²) in [5.41, 5.74) is 0.596. The van der Waals surface area contributed by atoms with Crippen molar-refractivity contribution in [3.05, 3.63) is 30.3 Å². The predicted molar refractivity (Wildman–Crippen MR) is 54.5 cm³/mol. The van der Waals surface area contributed by atoms with Gasteiger partial charge in [-0.3, -0.25) is 0 Å². The lowest BCUT2D eigenvalue weighted by molar-refractivity contribution is 0.413. The van der Waals surface area contributed by atoms with E-state index in [0.717, 1.165) is 0 Å². The third-order valence-electron chi connectivity index (χ3n) is 1.75. The van der Waals surface area contributed by atoms with Gasteiger partial charge < -0.3 is 4.74 Å². The number of rotatable bonds is 3. The van der Waals surface area contributed by atoms with E-state index >= 15 is 0 Å². The van der Waals surface area contributed by atoms with Gasteiger partial charge in [-0.25, -0.2) is 13.6 Å². The molecule has 0 saturated carbocycles. The first kappa shape index (κ1) is 10.7. The number of methoxy groups -OCH3 is 1. The third-order valence-corrected chi connectivity index (χ3v) is 2.66. The first-order valence-corrected chi connectivity index (χ1v) is 5.37. The lowest BCUT2D eigenvalue weighted by atomic mass is 10.2. The third kappa shape index (κ3) is 2.12. The highest BCUT2D eigenvalue weighted by atomic mass is 32.2. The van der Waals surface area contributed by atoms with Crippen LogP contribution in [0.25, 0.3) is 6.08 Å². The normalized spacial score (nSPS) is 11.0. The summed E-state index contributed by atoms with van der Waals surface area (Å²) in [5.74, 6) is 0.562. The van der Waals surface area contributed by atoms with E-state index in [2.05, 4.69) is 6.58 Å². The smallest absolute Gasteiger partial charge is 0.238 e. The average molecular weight is 213 g/mol. The molecule has 76 valence electrons. The summed E-state index contributed by atoms with van der Waals surface area (Å²) in [4.78, 5) is 0.0493. The Morgan fingerprint density at radius 3 is 2.57 bits per heavy atom. The van der Waals surface area contributed by atoms with Crippen LogP contribution in [0, 0.1) is 0 Å². The molecule has 0 heterocycles. The van der Waals surface area contributed by atoms with Crippen LogP contribution in [0.1, 0.15) is 5.56 Å². The van der Waals surface area contributed by atoms with Crippen molar-refractivity contribution in [2.75, 3.05) is 7.11 Å². The minimum atomic E-state index is -3.66. The number of ether oxygens (including phenoxy) is 1. The lowest BCUT2D eigenvalue weighted by Crippen LogP contribution is -2.12. The van der Waals surface area contributed by atoms with Gasteiger partial charge in [-0.2, -0.15) is 0 Å². The molecule has 0 aromatic heterocycles. The molecule has 1 aromatic carbocycles. The maximum absolute atomic E-state index is 11.0. The predicted octanol–water partition coefficient (Wildman–Crippen LogP) is 0.986. The summed E-state index contributed by atoms with van der Waals surface area (Å²) in [6.07, 6.45) is 1.51. The standard InChI is InChI=1S/C9H11NO3S/c1-3-7-6-8(14(10,11)12)4-5-9(7)13-2/h3-6H,1H2,2H3,(H2,10,11,12). The molecule has 0 atom stereocenters. The molecule has 1 aromatic rings. The highest BCUT2D eigenvalue weighted by Crippen LogP contribution is 2.22. The van der Waals surface area contributed by atoms with E-state index in [1.165, 1.54) is 31.4 Å². The van der Waals surface area contributed by atoms with E-state index in [9.17, 15) is 8.42 Å². The zero-order valence-corrected chi connectivity index (χ0v) is 8.54. The molecule has 0 aliphatic heterocycles. The number of hydrogen-bond donors (Lipinski definition) is 1. The van der Waals surface area contributed by atoms with Crippen LogP contribution in [0.3, 0.4) is 0 Å². The molecule has 0 aliphatic rings. The maximum Gasteiger partial charge on any atom is 0.238 e. The fraction of sp³-hybridized carbons (Fsp3) is 0.111. The molecule has 0 unspecified atom stereocenters. The van der Waals surface area contributed by atoms with Crippen molar-refractivity contribution in [1.29, 1.82) is 0 Å². The molecule has 0 aliphatic carbocycles. The molecule has 14 heavy (non-hydrogen) atoms. The fourth-order valence-electron chi connectivity index (χ4n) is 1.05.